The van der Waals surface area contributed by atoms with Gasteiger partial charge in [0, 0.05) is 6.54 Å². The van der Waals surface area contributed by atoms with Crippen LogP contribution >= 0.6 is 0 Å². The molecule has 0 aliphatic carbocycles. The van der Waals surface area contributed by atoms with Gasteiger partial charge in [0.2, 0.25) is 5.95 Å². The van der Waals surface area contributed by atoms with Crippen LogP contribution in [0.5, 0.6) is 0 Å². The van der Waals surface area contributed by atoms with Crippen LogP contribution in [0.15, 0.2) is 45.4 Å². The summed E-state index contributed by atoms with van der Waals surface area (Å²) >= 11 is 0. The third-order valence-corrected chi connectivity index (χ3v) is 3.77. The van der Waals surface area contributed by atoms with E-state index >= 15 is 0 Å². The number of H-pyrrole nitrogens is 1. The molecular weight excluding hydrogens is 318 g/mol. The van der Waals surface area contributed by atoms with Gasteiger partial charge < -0.3 is 16.0 Å². The quantitative estimate of drug-likeness (QED) is 0.479. The average molecular weight is 343 g/mol. The fourth-order valence-electron chi connectivity index (χ4n) is 2.35. The second-order valence-corrected chi connectivity index (χ2v) is 5.49. The topological polar surface area (TPSA) is 112 Å². The van der Waals surface area contributed by atoms with Crippen LogP contribution in [0.25, 0.3) is 0 Å². The van der Waals surface area contributed by atoms with Gasteiger partial charge in [-0.3, -0.25) is 9.78 Å². The average Bonchev–Trinajstić information content (AvgIpc) is 2.62. The van der Waals surface area contributed by atoms with Crippen LogP contribution in [0, 0.1) is 0 Å². The molecule has 1 aromatic carbocycles. The fourth-order valence-corrected chi connectivity index (χ4v) is 2.35. The standard InChI is InChI=1S/C17H25N7O/c1-3-24(4-2)12-8-11-19-15-14(16(25)21-17(18)20-15)23-22-13-9-6-5-7-10-13/h5-7,9-10H,3-4,8,11-12H2,1-2H3,(H4,18,19,20,21,25). The van der Waals surface area contributed by atoms with Gasteiger partial charge >= 0.3 is 0 Å². The minimum absolute atomic E-state index is 0.0508. The zero-order valence-corrected chi connectivity index (χ0v) is 14.7. The number of nitrogens with zero attached hydrogens (tertiary/aromatic N) is 4. The van der Waals surface area contributed by atoms with Crippen LogP contribution in [-0.4, -0.2) is 41.0 Å². The van der Waals surface area contributed by atoms with Gasteiger partial charge in [0.1, 0.15) is 0 Å². The molecule has 134 valence electrons. The highest BCUT2D eigenvalue weighted by Crippen LogP contribution is 2.21. The minimum atomic E-state index is -0.418. The monoisotopic (exact) mass is 343 g/mol. The molecule has 0 radical (unpaired) electrons. The lowest BCUT2D eigenvalue weighted by molar-refractivity contribution is 0.303. The summed E-state index contributed by atoms with van der Waals surface area (Å²) in [4.78, 5) is 21.1. The van der Waals surface area contributed by atoms with Crippen LogP contribution < -0.4 is 16.6 Å². The Morgan fingerprint density at radius 1 is 1.20 bits per heavy atom. The van der Waals surface area contributed by atoms with Crippen molar-refractivity contribution in [2.24, 2.45) is 10.2 Å². The minimum Gasteiger partial charge on any atom is -0.369 e. The first-order chi connectivity index (χ1) is 12.1. The molecule has 0 spiro atoms. The maximum absolute atomic E-state index is 12.1. The largest absolute Gasteiger partial charge is 0.369 e. The predicted molar refractivity (Wildman–Crippen MR) is 101 cm³/mol. The Bertz CT molecular complexity index is 738. The van der Waals surface area contributed by atoms with Crippen molar-refractivity contribution >= 4 is 23.1 Å². The summed E-state index contributed by atoms with van der Waals surface area (Å²) < 4.78 is 0. The third kappa shape index (κ3) is 5.68. The van der Waals surface area contributed by atoms with Crippen molar-refractivity contribution in [3.63, 3.8) is 0 Å². The highest BCUT2D eigenvalue weighted by Gasteiger charge is 2.10. The summed E-state index contributed by atoms with van der Waals surface area (Å²) in [6.07, 6.45) is 0.922. The molecule has 0 atom stereocenters. The molecular formula is C17H25N7O. The molecule has 25 heavy (non-hydrogen) atoms. The number of nitrogens with one attached hydrogen (secondary N) is 2. The van der Waals surface area contributed by atoms with Crippen molar-refractivity contribution in [1.29, 1.82) is 0 Å². The number of benzene rings is 1. The van der Waals surface area contributed by atoms with Gasteiger partial charge in [0.15, 0.2) is 11.5 Å². The van der Waals surface area contributed by atoms with Crippen LogP contribution in [0.1, 0.15) is 20.3 Å². The molecule has 2 rings (SSSR count). The molecule has 8 heteroatoms. The van der Waals surface area contributed by atoms with Crippen LogP contribution in [0.2, 0.25) is 0 Å². The van der Waals surface area contributed by atoms with Gasteiger partial charge in [-0.05, 0) is 38.2 Å². The summed E-state index contributed by atoms with van der Waals surface area (Å²) in [7, 11) is 0. The van der Waals surface area contributed by atoms with Gasteiger partial charge in [-0.2, -0.15) is 10.1 Å². The second kappa shape index (κ2) is 9.53. The van der Waals surface area contributed by atoms with Crippen molar-refractivity contribution < 1.29 is 0 Å². The molecule has 0 fully saturated rings. The number of anilines is 2. The van der Waals surface area contributed by atoms with E-state index in [1.807, 2.05) is 18.2 Å². The summed E-state index contributed by atoms with van der Waals surface area (Å²) in [5, 5.41) is 11.3. The number of nitrogen functional groups attached to an aromatic ring is 1. The van der Waals surface area contributed by atoms with Crippen molar-refractivity contribution in [3.05, 3.63) is 40.7 Å². The Hall–Kier alpha value is -2.74. The van der Waals surface area contributed by atoms with Gasteiger partial charge in [0.05, 0.1) is 5.69 Å². The van der Waals surface area contributed by atoms with Crippen molar-refractivity contribution in [2.75, 3.05) is 37.2 Å². The third-order valence-electron chi connectivity index (χ3n) is 3.77. The van der Waals surface area contributed by atoms with E-state index in [0.717, 1.165) is 26.1 Å². The van der Waals surface area contributed by atoms with Gasteiger partial charge in [0.25, 0.3) is 5.56 Å². The first-order valence-electron chi connectivity index (χ1n) is 8.46. The molecule has 0 aliphatic heterocycles. The number of hydrogen-bond donors (Lipinski definition) is 3. The Balaban J connectivity index is 2.09. The Morgan fingerprint density at radius 2 is 1.92 bits per heavy atom. The molecule has 1 aromatic heterocycles. The number of aromatic amines is 1. The molecule has 1 heterocycles. The van der Waals surface area contributed by atoms with Gasteiger partial charge in [-0.15, -0.1) is 5.11 Å². The van der Waals surface area contributed by atoms with E-state index in [4.69, 9.17) is 5.73 Å². The van der Waals surface area contributed by atoms with E-state index in [9.17, 15) is 4.79 Å². The zero-order valence-electron chi connectivity index (χ0n) is 14.7. The van der Waals surface area contributed by atoms with Crippen molar-refractivity contribution in [2.45, 2.75) is 20.3 Å². The number of hydrogen-bond acceptors (Lipinski definition) is 7. The predicted octanol–water partition coefficient (Wildman–Crippen LogP) is 2.91. The van der Waals surface area contributed by atoms with Crippen LogP contribution in [-0.2, 0) is 0 Å². The second-order valence-electron chi connectivity index (χ2n) is 5.49. The summed E-state index contributed by atoms with van der Waals surface area (Å²) in [5.74, 6) is 0.399. The molecule has 4 N–H and O–H groups in total. The normalized spacial score (nSPS) is 11.3. The highest BCUT2D eigenvalue weighted by molar-refractivity contribution is 5.60. The maximum Gasteiger partial charge on any atom is 0.282 e. The van der Waals surface area contributed by atoms with Crippen molar-refractivity contribution in [3.8, 4) is 0 Å². The summed E-state index contributed by atoms with van der Waals surface area (Å²) in [5.41, 5.74) is 6.01. The zero-order chi connectivity index (χ0) is 18.1. The van der Waals surface area contributed by atoms with E-state index in [2.05, 4.69) is 44.3 Å². The Morgan fingerprint density at radius 3 is 2.60 bits per heavy atom. The molecule has 0 saturated carbocycles. The van der Waals surface area contributed by atoms with Gasteiger partial charge in [-0.25, -0.2) is 0 Å². The Labute approximate surface area is 147 Å². The lowest BCUT2D eigenvalue weighted by Gasteiger charge is -2.17. The molecule has 0 saturated heterocycles. The number of rotatable bonds is 9. The van der Waals surface area contributed by atoms with E-state index in [-0.39, 0.29) is 11.6 Å². The van der Waals surface area contributed by atoms with Crippen molar-refractivity contribution in [1.82, 2.24) is 14.9 Å². The molecule has 2 aromatic rings. The van der Waals surface area contributed by atoms with E-state index in [1.165, 1.54) is 0 Å². The number of aromatic nitrogens is 2. The number of azo groups is 1. The molecule has 8 nitrogen and oxygen atoms in total. The summed E-state index contributed by atoms with van der Waals surface area (Å²) in [6.45, 7) is 7.95. The van der Waals surface area contributed by atoms with E-state index in [0.29, 0.717) is 18.1 Å². The van der Waals surface area contributed by atoms with E-state index < -0.39 is 5.56 Å². The molecule has 0 unspecified atom stereocenters. The highest BCUT2D eigenvalue weighted by atomic mass is 16.1. The smallest absolute Gasteiger partial charge is 0.282 e. The summed E-state index contributed by atoms with van der Waals surface area (Å²) in [6, 6.07) is 9.21. The molecule has 0 aliphatic rings. The lowest BCUT2D eigenvalue weighted by atomic mass is 10.3. The van der Waals surface area contributed by atoms with Crippen LogP contribution in [0.3, 0.4) is 0 Å². The maximum atomic E-state index is 12.1. The first-order valence-corrected chi connectivity index (χ1v) is 8.46. The van der Waals surface area contributed by atoms with Crippen LogP contribution in [0.4, 0.5) is 23.1 Å². The van der Waals surface area contributed by atoms with Gasteiger partial charge in [-0.1, -0.05) is 32.0 Å². The number of nitrogens with two attached hydrogens (primary N) is 1. The first kappa shape index (κ1) is 18.6. The fraction of sp³-hybridized carbons (Fsp3) is 0.412. The SMILES string of the molecule is CCN(CC)CCCNc1nc(N)[nH]c(=O)c1N=Nc1ccccc1. The van der Waals surface area contributed by atoms with E-state index in [1.54, 1.807) is 12.1 Å². The molecule has 0 bridgehead atoms. The Kier molecular flexibility index (Phi) is 7.09. The molecule has 0 amide bonds. The lowest BCUT2D eigenvalue weighted by Crippen LogP contribution is -2.25.